The first-order valence-electron chi connectivity index (χ1n) is 8.51. The summed E-state index contributed by atoms with van der Waals surface area (Å²) in [5.74, 6) is -1.14. The zero-order valence-corrected chi connectivity index (χ0v) is 16.5. The number of para-hydroxylation sites is 2. The maximum atomic E-state index is 13.2. The third kappa shape index (κ3) is 4.75. The lowest BCUT2D eigenvalue weighted by Crippen LogP contribution is -2.22. The van der Waals surface area contributed by atoms with E-state index in [1.807, 2.05) is 0 Å². The van der Waals surface area contributed by atoms with Gasteiger partial charge in [-0.25, -0.2) is 14.2 Å². The molecule has 29 heavy (non-hydrogen) atoms. The summed E-state index contributed by atoms with van der Waals surface area (Å²) in [5, 5.41) is 3.16. The molecule has 1 aromatic heterocycles. The molecule has 150 valence electrons. The molecule has 0 fully saturated rings. The third-order valence-corrected chi connectivity index (χ3v) is 4.57. The predicted octanol–water partition coefficient (Wildman–Crippen LogP) is 3.54. The number of aromatic nitrogens is 2. The number of hydrogen-bond acceptors (Lipinski definition) is 6. The Hall–Kier alpha value is -3.33. The van der Waals surface area contributed by atoms with Crippen molar-refractivity contribution in [1.82, 2.24) is 9.55 Å². The zero-order chi connectivity index (χ0) is 20.8. The van der Waals surface area contributed by atoms with Crippen LogP contribution in [0.4, 0.5) is 10.1 Å². The zero-order valence-electron chi connectivity index (χ0n) is 15.7. The van der Waals surface area contributed by atoms with Crippen molar-refractivity contribution in [1.29, 1.82) is 0 Å². The summed E-state index contributed by atoms with van der Waals surface area (Å²) in [4.78, 5) is 28.9. The van der Waals surface area contributed by atoms with E-state index in [-0.39, 0.29) is 5.69 Å². The Morgan fingerprint density at radius 2 is 1.90 bits per heavy atom. The van der Waals surface area contributed by atoms with Gasteiger partial charge in [0.15, 0.2) is 17.5 Å². The second kappa shape index (κ2) is 9.24. The van der Waals surface area contributed by atoms with E-state index < -0.39 is 24.3 Å². The van der Waals surface area contributed by atoms with Gasteiger partial charge in [-0.15, -0.1) is 0 Å². The molecule has 0 aliphatic carbocycles. The number of halogens is 1. The Bertz CT molecular complexity index is 1020. The molecule has 1 amide bonds. The number of nitrogens with zero attached hydrogens (tertiary/aromatic N) is 2. The molecule has 0 unspecified atom stereocenters. The molecule has 1 N–H and O–H groups in total. The Morgan fingerprint density at radius 3 is 2.59 bits per heavy atom. The first-order chi connectivity index (χ1) is 14.0. The summed E-state index contributed by atoms with van der Waals surface area (Å²) < 4.78 is 25.1. The van der Waals surface area contributed by atoms with Crippen molar-refractivity contribution in [3.8, 4) is 11.4 Å². The van der Waals surface area contributed by atoms with Crippen molar-refractivity contribution >= 4 is 29.3 Å². The lowest BCUT2D eigenvalue weighted by atomic mass is 10.3. The highest BCUT2D eigenvalue weighted by Gasteiger charge is 2.20. The van der Waals surface area contributed by atoms with Gasteiger partial charge in [0.05, 0.1) is 19.0 Å². The first kappa shape index (κ1) is 20.4. The van der Waals surface area contributed by atoms with Crippen molar-refractivity contribution in [2.45, 2.75) is 5.16 Å². The number of methoxy groups -OCH3 is 1. The molecule has 9 heteroatoms. The van der Waals surface area contributed by atoms with Gasteiger partial charge < -0.3 is 14.8 Å². The number of rotatable bonds is 7. The minimum absolute atomic E-state index is 0.131. The van der Waals surface area contributed by atoms with Gasteiger partial charge in [-0.1, -0.05) is 23.9 Å². The summed E-state index contributed by atoms with van der Waals surface area (Å²) in [6, 6.07) is 12.5. The molecule has 0 aliphatic rings. The molecule has 3 aromatic rings. The van der Waals surface area contributed by atoms with Gasteiger partial charge in [0.25, 0.3) is 5.91 Å². The van der Waals surface area contributed by atoms with E-state index in [9.17, 15) is 14.0 Å². The highest BCUT2D eigenvalue weighted by Crippen LogP contribution is 2.24. The summed E-state index contributed by atoms with van der Waals surface area (Å²) >= 11 is 1.32. The molecule has 0 atom stereocenters. The smallest absolute Gasteiger partial charge is 0.357 e. The average Bonchev–Trinajstić information content (AvgIpc) is 3.17. The topological polar surface area (TPSA) is 82.4 Å². The van der Waals surface area contributed by atoms with Gasteiger partial charge in [0.2, 0.25) is 0 Å². The Labute approximate surface area is 170 Å². The van der Waals surface area contributed by atoms with E-state index in [0.29, 0.717) is 22.3 Å². The molecule has 0 saturated carbocycles. The number of hydrogen-bond donors (Lipinski definition) is 1. The molecule has 2 aromatic carbocycles. The highest BCUT2D eigenvalue weighted by atomic mass is 32.2. The summed E-state index contributed by atoms with van der Waals surface area (Å²) in [6.45, 7) is -0.486. The Morgan fingerprint density at radius 1 is 1.17 bits per heavy atom. The number of nitrogens with one attached hydrogen (secondary N) is 1. The molecule has 0 bridgehead atoms. The van der Waals surface area contributed by atoms with Crippen molar-refractivity contribution in [2.75, 3.05) is 25.3 Å². The van der Waals surface area contributed by atoms with Gasteiger partial charge in [0.1, 0.15) is 11.6 Å². The predicted molar refractivity (Wildman–Crippen MR) is 107 cm³/mol. The standard InChI is InChI=1S/C20H18FN3O4S/c1-27-17-6-4-3-5-15(17)23-18(25)12-28-19(26)16-11-22-20(29-2)24(16)14-9-7-13(21)8-10-14/h3-11H,12H2,1-2H3,(H,23,25). The van der Waals surface area contributed by atoms with Crippen molar-refractivity contribution in [3.05, 3.63) is 66.2 Å². The second-order valence-electron chi connectivity index (χ2n) is 5.77. The van der Waals surface area contributed by atoms with Crippen LogP contribution in [0.25, 0.3) is 5.69 Å². The van der Waals surface area contributed by atoms with Crippen LogP contribution >= 0.6 is 11.8 Å². The van der Waals surface area contributed by atoms with E-state index in [1.165, 1.54) is 49.3 Å². The number of imidazole rings is 1. The molecule has 0 saturated heterocycles. The summed E-state index contributed by atoms with van der Waals surface area (Å²) in [7, 11) is 1.49. The number of benzene rings is 2. The van der Waals surface area contributed by atoms with Crippen LogP contribution in [0.1, 0.15) is 10.5 Å². The molecule has 0 spiro atoms. The van der Waals surface area contributed by atoms with Crippen molar-refractivity contribution in [3.63, 3.8) is 0 Å². The van der Waals surface area contributed by atoms with Crippen molar-refractivity contribution in [2.24, 2.45) is 0 Å². The van der Waals surface area contributed by atoms with Crippen LogP contribution in [-0.2, 0) is 9.53 Å². The molecule has 0 aliphatic heterocycles. The second-order valence-corrected chi connectivity index (χ2v) is 6.54. The van der Waals surface area contributed by atoms with E-state index in [2.05, 4.69) is 10.3 Å². The number of carbonyl (C=O) groups is 2. The van der Waals surface area contributed by atoms with Crippen LogP contribution in [0, 0.1) is 5.82 Å². The summed E-state index contributed by atoms with van der Waals surface area (Å²) in [6.07, 6.45) is 3.16. The van der Waals surface area contributed by atoms with Crippen LogP contribution < -0.4 is 10.1 Å². The van der Waals surface area contributed by atoms with E-state index in [0.717, 1.165) is 0 Å². The Balaban J connectivity index is 1.72. The maximum absolute atomic E-state index is 13.2. The van der Waals surface area contributed by atoms with Gasteiger partial charge >= 0.3 is 5.97 Å². The number of ether oxygens (including phenoxy) is 2. The largest absolute Gasteiger partial charge is 0.495 e. The number of anilines is 1. The van der Waals surface area contributed by atoms with Gasteiger partial charge in [0, 0.05) is 5.69 Å². The normalized spacial score (nSPS) is 10.4. The van der Waals surface area contributed by atoms with Gasteiger partial charge in [-0.2, -0.15) is 0 Å². The number of thioether (sulfide) groups is 1. The van der Waals surface area contributed by atoms with Crippen LogP contribution in [0.2, 0.25) is 0 Å². The fourth-order valence-electron chi connectivity index (χ4n) is 2.60. The van der Waals surface area contributed by atoms with E-state index in [4.69, 9.17) is 9.47 Å². The molecule has 0 radical (unpaired) electrons. The van der Waals surface area contributed by atoms with E-state index in [1.54, 1.807) is 35.1 Å². The number of amides is 1. The van der Waals surface area contributed by atoms with Gasteiger partial charge in [-0.3, -0.25) is 9.36 Å². The average molecular weight is 415 g/mol. The van der Waals surface area contributed by atoms with Crippen molar-refractivity contribution < 1.29 is 23.5 Å². The quantitative estimate of drug-likeness (QED) is 0.470. The molecule has 7 nitrogen and oxygen atoms in total. The monoisotopic (exact) mass is 415 g/mol. The van der Waals surface area contributed by atoms with Crippen LogP contribution in [-0.4, -0.2) is 41.4 Å². The molecule has 3 rings (SSSR count). The molecule has 1 heterocycles. The highest BCUT2D eigenvalue weighted by molar-refractivity contribution is 7.98. The van der Waals surface area contributed by atoms with Gasteiger partial charge in [-0.05, 0) is 42.7 Å². The maximum Gasteiger partial charge on any atom is 0.357 e. The fraction of sp³-hybridized carbons (Fsp3) is 0.150. The van der Waals surface area contributed by atoms with Crippen LogP contribution in [0.15, 0.2) is 59.9 Å². The van der Waals surface area contributed by atoms with Crippen LogP contribution in [0.5, 0.6) is 5.75 Å². The van der Waals surface area contributed by atoms with Crippen LogP contribution in [0.3, 0.4) is 0 Å². The fourth-order valence-corrected chi connectivity index (χ4v) is 3.15. The molecular weight excluding hydrogens is 397 g/mol. The first-order valence-corrected chi connectivity index (χ1v) is 9.73. The molecular formula is C20H18FN3O4S. The van der Waals surface area contributed by atoms with E-state index >= 15 is 0 Å². The Kier molecular flexibility index (Phi) is 6.50. The lowest BCUT2D eigenvalue weighted by Gasteiger charge is -2.12. The SMILES string of the molecule is COc1ccccc1NC(=O)COC(=O)c1cnc(SC)n1-c1ccc(F)cc1. The summed E-state index contributed by atoms with van der Waals surface area (Å²) in [5.41, 5.74) is 1.15. The number of carbonyl (C=O) groups excluding carboxylic acids is 2. The lowest BCUT2D eigenvalue weighted by molar-refractivity contribution is -0.119. The minimum Gasteiger partial charge on any atom is -0.495 e. The minimum atomic E-state index is -0.725. The third-order valence-electron chi connectivity index (χ3n) is 3.92. The number of esters is 1.